The third-order valence-corrected chi connectivity index (χ3v) is 3.50. The Morgan fingerprint density at radius 3 is 2.85 bits per heavy atom. The average molecular weight is 288 g/mol. The van der Waals surface area contributed by atoms with Crippen molar-refractivity contribution in [1.29, 1.82) is 5.26 Å². The second-order valence-electron chi connectivity index (χ2n) is 4.12. The largest absolute Gasteiger partial charge is 0.389 e. The van der Waals surface area contributed by atoms with Gasteiger partial charge in [0.25, 0.3) is 5.56 Å². The fourth-order valence-corrected chi connectivity index (χ4v) is 2.70. The maximum Gasteiger partial charge on any atom is 0.253 e. The number of aromatic amines is 1. The first-order valence-corrected chi connectivity index (χ1v) is 6.58. The minimum absolute atomic E-state index is 0.117. The van der Waals surface area contributed by atoms with E-state index < -0.39 is 6.10 Å². The molecule has 0 amide bonds. The van der Waals surface area contributed by atoms with Crippen molar-refractivity contribution in [2.75, 3.05) is 5.73 Å². The van der Waals surface area contributed by atoms with Gasteiger partial charge in [-0.2, -0.15) is 5.26 Å². The molecule has 0 saturated heterocycles. The van der Waals surface area contributed by atoms with Crippen molar-refractivity contribution in [3.05, 3.63) is 45.7 Å². The number of hydrogen-bond donors (Lipinski definition) is 3. The summed E-state index contributed by atoms with van der Waals surface area (Å²) in [5.74, 6) is 0.117. The maximum atomic E-state index is 11.4. The van der Waals surface area contributed by atoms with E-state index >= 15 is 0 Å². The van der Waals surface area contributed by atoms with Crippen LogP contribution in [0.25, 0.3) is 0 Å². The summed E-state index contributed by atoms with van der Waals surface area (Å²) in [6, 6.07) is 8.15. The Labute approximate surface area is 119 Å². The Balaban J connectivity index is 2.46. The fraction of sp³-hybridized carbons (Fsp3) is 0.154. The predicted molar refractivity (Wildman–Crippen MR) is 75.2 cm³/mol. The van der Waals surface area contributed by atoms with E-state index in [-0.39, 0.29) is 11.4 Å². The molecule has 0 aliphatic rings. The molecule has 7 heteroatoms. The van der Waals surface area contributed by atoms with Gasteiger partial charge < -0.3 is 15.8 Å². The summed E-state index contributed by atoms with van der Waals surface area (Å²) in [6.45, 7) is 1.63. The highest BCUT2D eigenvalue weighted by atomic mass is 32.2. The number of hydrogen-bond acceptors (Lipinski definition) is 6. The van der Waals surface area contributed by atoms with Crippen molar-refractivity contribution in [2.24, 2.45) is 0 Å². The van der Waals surface area contributed by atoms with E-state index in [1.165, 1.54) is 6.07 Å². The van der Waals surface area contributed by atoms with Crippen LogP contribution in [0.1, 0.15) is 24.2 Å². The lowest BCUT2D eigenvalue weighted by Gasteiger charge is -2.11. The monoisotopic (exact) mass is 288 g/mol. The summed E-state index contributed by atoms with van der Waals surface area (Å²) in [5, 5.41) is 19.0. The Kier molecular flexibility index (Phi) is 4.08. The Bertz CT molecular complexity index is 734. The summed E-state index contributed by atoms with van der Waals surface area (Å²) >= 11 is 1.14. The first-order chi connectivity index (χ1) is 9.49. The fourth-order valence-electron chi connectivity index (χ4n) is 1.64. The molecule has 0 saturated carbocycles. The third kappa shape index (κ3) is 3.17. The lowest BCUT2D eigenvalue weighted by Crippen LogP contribution is -2.09. The van der Waals surface area contributed by atoms with Gasteiger partial charge in [0, 0.05) is 11.0 Å². The number of H-pyrrole nitrogens is 1. The van der Waals surface area contributed by atoms with Crippen molar-refractivity contribution in [1.82, 2.24) is 9.97 Å². The Hall–Kier alpha value is -2.30. The van der Waals surface area contributed by atoms with E-state index in [9.17, 15) is 9.90 Å². The topological polar surface area (TPSA) is 116 Å². The minimum Gasteiger partial charge on any atom is -0.389 e. The smallest absolute Gasteiger partial charge is 0.253 e. The molecule has 1 aromatic heterocycles. The first kappa shape index (κ1) is 14.1. The number of nitrogens with two attached hydrogens (primary N) is 1. The van der Waals surface area contributed by atoms with Gasteiger partial charge in [-0.1, -0.05) is 17.8 Å². The number of aliphatic hydroxyl groups excluding tert-OH is 1. The number of aliphatic hydroxyl groups is 1. The van der Waals surface area contributed by atoms with E-state index in [2.05, 4.69) is 9.97 Å². The summed E-state index contributed by atoms with van der Waals surface area (Å²) in [4.78, 5) is 18.6. The lowest BCUT2D eigenvalue weighted by atomic mass is 10.1. The van der Waals surface area contributed by atoms with Crippen LogP contribution < -0.4 is 11.3 Å². The molecule has 20 heavy (non-hydrogen) atoms. The van der Waals surface area contributed by atoms with Crippen LogP contribution in [0.3, 0.4) is 0 Å². The van der Waals surface area contributed by atoms with Crippen molar-refractivity contribution >= 4 is 17.6 Å². The highest BCUT2D eigenvalue weighted by Gasteiger charge is 2.12. The number of anilines is 1. The molecule has 6 nitrogen and oxygen atoms in total. The van der Waals surface area contributed by atoms with Gasteiger partial charge in [0.2, 0.25) is 0 Å². The van der Waals surface area contributed by atoms with E-state index in [4.69, 9.17) is 11.0 Å². The molecule has 0 bridgehead atoms. The normalized spacial score (nSPS) is 11.8. The SMILES string of the molecule is CC(O)c1ccc(C#N)cc1Sc1nc(N)cc(=O)[nH]1. The number of nitrogen functional groups attached to an aromatic ring is 1. The molecule has 0 fully saturated rings. The molecular formula is C13H12N4O2S. The van der Waals surface area contributed by atoms with Gasteiger partial charge in [-0.3, -0.25) is 4.79 Å². The summed E-state index contributed by atoms with van der Waals surface area (Å²) in [6.07, 6.45) is -0.696. The second kappa shape index (κ2) is 5.77. The highest BCUT2D eigenvalue weighted by molar-refractivity contribution is 7.99. The van der Waals surface area contributed by atoms with Crippen molar-refractivity contribution < 1.29 is 5.11 Å². The zero-order chi connectivity index (χ0) is 14.7. The Morgan fingerprint density at radius 1 is 1.50 bits per heavy atom. The molecule has 1 aromatic carbocycles. The molecule has 1 unspecified atom stereocenters. The summed E-state index contributed by atoms with van der Waals surface area (Å²) in [7, 11) is 0. The predicted octanol–water partition coefficient (Wildman–Crippen LogP) is 1.43. The molecular weight excluding hydrogens is 276 g/mol. The van der Waals surface area contributed by atoms with Gasteiger partial charge in [-0.25, -0.2) is 4.98 Å². The van der Waals surface area contributed by atoms with E-state index in [1.807, 2.05) is 6.07 Å². The molecule has 0 aliphatic heterocycles. The van der Waals surface area contributed by atoms with Crippen LogP contribution in [0, 0.1) is 11.3 Å². The van der Waals surface area contributed by atoms with Crippen molar-refractivity contribution in [3.63, 3.8) is 0 Å². The van der Waals surface area contributed by atoms with Crippen LogP contribution in [0.4, 0.5) is 5.82 Å². The van der Waals surface area contributed by atoms with Gasteiger partial charge in [0.1, 0.15) is 5.82 Å². The Morgan fingerprint density at radius 2 is 2.25 bits per heavy atom. The number of nitrogens with one attached hydrogen (secondary N) is 1. The molecule has 102 valence electrons. The first-order valence-electron chi connectivity index (χ1n) is 5.76. The molecule has 2 rings (SSSR count). The molecule has 4 N–H and O–H groups in total. The average Bonchev–Trinajstić information content (AvgIpc) is 2.37. The van der Waals surface area contributed by atoms with Gasteiger partial charge in [-0.05, 0) is 24.6 Å². The zero-order valence-corrected chi connectivity index (χ0v) is 11.4. The van der Waals surface area contributed by atoms with E-state index in [1.54, 1.807) is 25.1 Å². The van der Waals surface area contributed by atoms with Gasteiger partial charge in [-0.15, -0.1) is 0 Å². The summed E-state index contributed by atoms with van der Waals surface area (Å²) < 4.78 is 0. The van der Waals surface area contributed by atoms with E-state index in [0.29, 0.717) is 21.2 Å². The maximum absolute atomic E-state index is 11.4. The molecule has 0 aliphatic carbocycles. The van der Waals surface area contributed by atoms with Crippen LogP contribution in [0.2, 0.25) is 0 Å². The number of rotatable bonds is 3. The number of nitriles is 1. The lowest BCUT2D eigenvalue weighted by molar-refractivity contribution is 0.196. The van der Waals surface area contributed by atoms with Crippen LogP contribution >= 0.6 is 11.8 Å². The molecule has 1 heterocycles. The van der Waals surface area contributed by atoms with Gasteiger partial charge in [0.05, 0.1) is 17.7 Å². The number of aromatic nitrogens is 2. The highest BCUT2D eigenvalue weighted by Crippen LogP contribution is 2.32. The van der Waals surface area contributed by atoms with Crippen LogP contribution in [-0.2, 0) is 0 Å². The van der Waals surface area contributed by atoms with Crippen molar-refractivity contribution in [2.45, 2.75) is 23.1 Å². The minimum atomic E-state index is -0.696. The van der Waals surface area contributed by atoms with Crippen LogP contribution in [0.5, 0.6) is 0 Å². The number of benzene rings is 1. The summed E-state index contributed by atoms with van der Waals surface area (Å²) in [5.41, 5.74) is 6.28. The van der Waals surface area contributed by atoms with Crippen molar-refractivity contribution in [3.8, 4) is 6.07 Å². The van der Waals surface area contributed by atoms with Gasteiger partial charge in [0.15, 0.2) is 5.16 Å². The molecule has 0 radical (unpaired) electrons. The molecule has 1 atom stereocenters. The molecule has 2 aromatic rings. The number of nitrogens with zero attached hydrogens (tertiary/aromatic N) is 2. The molecule has 0 spiro atoms. The zero-order valence-electron chi connectivity index (χ0n) is 10.6. The van der Waals surface area contributed by atoms with Gasteiger partial charge >= 0.3 is 0 Å². The standard InChI is InChI=1S/C13H12N4O2S/c1-7(18)9-3-2-8(6-14)4-10(9)20-13-16-11(15)5-12(19)17-13/h2-5,7,18H,1H3,(H3,15,16,17,19). The van der Waals surface area contributed by atoms with Crippen LogP contribution in [-0.4, -0.2) is 15.1 Å². The third-order valence-electron chi connectivity index (χ3n) is 2.54. The van der Waals surface area contributed by atoms with Crippen LogP contribution in [0.15, 0.2) is 39.1 Å². The van der Waals surface area contributed by atoms with E-state index in [0.717, 1.165) is 11.8 Å². The quantitative estimate of drug-likeness (QED) is 0.736. The second-order valence-corrected chi connectivity index (χ2v) is 5.15.